The highest BCUT2D eigenvalue weighted by molar-refractivity contribution is 5.56. The summed E-state index contributed by atoms with van der Waals surface area (Å²) in [5.41, 5.74) is 1.48. The number of nitrogens with one attached hydrogen (secondary N) is 1. The molecule has 0 saturated carbocycles. The molecule has 0 unspecified atom stereocenters. The Balaban J connectivity index is 2.16. The maximum Gasteiger partial charge on any atom is 0.275 e. The molecule has 1 heterocycles. The fraction of sp³-hybridized carbons (Fsp3) is 0.357. The van der Waals surface area contributed by atoms with E-state index < -0.39 is 4.92 Å². The Morgan fingerprint density at radius 1 is 1.43 bits per heavy atom. The Labute approximate surface area is 122 Å². The average molecular weight is 290 g/mol. The van der Waals surface area contributed by atoms with E-state index in [0.29, 0.717) is 18.0 Å². The van der Waals surface area contributed by atoms with Gasteiger partial charge in [-0.1, -0.05) is 0 Å². The molecule has 0 spiro atoms. The number of nitro benzene ring substituents is 1. The molecule has 0 amide bonds. The third kappa shape index (κ3) is 4.20. The normalized spacial score (nSPS) is 10.7. The van der Waals surface area contributed by atoms with E-state index in [1.54, 1.807) is 10.7 Å². The van der Waals surface area contributed by atoms with Crippen LogP contribution in [0.25, 0.3) is 0 Å². The molecule has 1 aromatic heterocycles. The molecule has 1 aromatic carbocycles. The number of hydrogen-bond acceptors (Lipinski definition) is 5. The molecule has 0 aliphatic carbocycles. The molecule has 7 nitrogen and oxygen atoms in total. The predicted octanol–water partition coefficient (Wildman–Crippen LogP) is 2.73. The molecule has 2 rings (SSSR count). The minimum Gasteiger partial charge on any atom is -0.491 e. The summed E-state index contributed by atoms with van der Waals surface area (Å²) in [5, 5.41) is 18.3. The molecule has 0 atom stereocenters. The van der Waals surface area contributed by atoms with Gasteiger partial charge < -0.3 is 10.1 Å². The first-order valence-corrected chi connectivity index (χ1v) is 6.62. The quantitative estimate of drug-likeness (QED) is 0.653. The van der Waals surface area contributed by atoms with Crippen LogP contribution < -0.4 is 10.1 Å². The number of nitro groups is 1. The number of hydrogen-bond donors (Lipinski definition) is 1. The molecule has 2 aromatic rings. The first-order valence-electron chi connectivity index (χ1n) is 6.62. The van der Waals surface area contributed by atoms with E-state index in [9.17, 15) is 10.1 Å². The summed E-state index contributed by atoms with van der Waals surface area (Å²) in [6.07, 6.45) is 1.80. The second-order valence-corrected chi connectivity index (χ2v) is 4.97. The number of benzene rings is 1. The summed E-state index contributed by atoms with van der Waals surface area (Å²) in [5.74, 6) is 0.475. The van der Waals surface area contributed by atoms with Gasteiger partial charge in [-0.3, -0.25) is 14.8 Å². The van der Waals surface area contributed by atoms with Crippen molar-refractivity contribution in [2.45, 2.75) is 26.5 Å². The van der Waals surface area contributed by atoms with Gasteiger partial charge in [0.05, 0.1) is 29.3 Å². The minimum atomic E-state index is -0.431. The summed E-state index contributed by atoms with van der Waals surface area (Å²) in [4.78, 5) is 10.5. The standard InChI is InChI=1S/C14H18N4O3/c1-10(2)21-14-7-12(6-13(8-14)18(19)20)15-9-11-4-5-17(3)16-11/h4-8,10,15H,9H2,1-3H3. The smallest absolute Gasteiger partial charge is 0.275 e. The lowest BCUT2D eigenvalue weighted by Gasteiger charge is -2.12. The number of aromatic nitrogens is 2. The van der Waals surface area contributed by atoms with Crippen molar-refractivity contribution in [2.24, 2.45) is 7.05 Å². The topological polar surface area (TPSA) is 82.2 Å². The number of anilines is 1. The van der Waals surface area contributed by atoms with Crippen LogP contribution in [0.15, 0.2) is 30.5 Å². The van der Waals surface area contributed by atoms with E-state index in [2.05, 4.69) is 10.4 Å². The van der Waals surface area contributed by atoms with Crippen LogP contribution in [-0.2, 0) is 13.6 Å². The van der Waals surface area contributed by atoms with E-state index in [1.807, 2.05) is 33.2 Å². The second-order valence-electron chi connectivity index (χ2n) is 4.97. The van der Waals surface area contributed by atoms with Crippen molar-refractivity contribution in [3.63, 3.8) is 0 Å². The van der Waals surface area contributed by atoms with E-state index in [0.717, 1.165) is 5.69 Å². The van der Waals surface area contributed by atoms with Crippen molar-refractivity contribution in [2.75, 3.05) is 5.32 Å². The Morgan fingerprint density at radius 3 is 2.76 bits per heavy atom. The van der Waals surface area contributed by atoms with Crippen molar-refractivity contribution < 1.29 is 9.66 Å². The van der Waals surface area contributed by atoms with Crippen LogP contribution in [0.1, 0.15) is 19.5 Å². The fourth-order valence-corrected chi connectivity index (χ4v) is 1.88. The third-order valence-electron chi connectivity index (χ3n) is 2.72. The molecule has 112 valence electrons. The van der Waals surface area contributed by atoms with Gasteiger partial charge in [-0.25, -0.2) is 0 Å². The lowest BCUT2D eigenvalue weighted by Crippen LogP contribution is -2.07. The lowest BCUT2D eigenvalue weighted by molar-refractivity contribution is -0.384. The van der Waals surface area contributed by atoms with Crippen molar-refractivity contribution >= 4 is 11.4 Å². The number of non-ortho nitro benzene ring substituents is 1. The highest BCUT2D eigenvalue weighted by Gasteiger charge is 2.11. The van der Waals surface area contributed by atoms with E-state index in [1.165, 1.54) is 12.1 Å². The zero-order chi connectivity index (χ0) is 15.4. The van der Waals surface area contributed by atoms with Gasteiger partial charge >= 0.3 is 0 Å². The Kier molecular flexibility index (Phi) is 4.42. The molecule has 7 heteroatoms. The van der Waals surface area contributed by atoms with Crippen LogP contribution in [-0.4, -0.2) is 20.8 Å². The van der Waals surface area contributed by atoms with Crippen LogP contribution in [0.2, 0.25) is 0 Å². The molecule has 0 radical (unpaired) electrons. The van der Waals surface area contributed by atoms with Crippen molar-refractivity contribution in [3.05, 3.63) is 46.3 Å². The van der Waals surface area contributed by atoms with Crippen LogP contribution >= 0.6 is 0 Å². The van der Waals surface area contributed by atoms with Crippen molar-refractivity contribution in [1.82, 2.24) is 9.78 Å². The van der Waals surface area contributed by atoms with Gasteiger partial charge in [0.1, 0.15) is 5.75 Å². The maximum atomic E-state index is 11.0. The molecule has 0 bridgehead atoms. The maximum absolute atomic E-state index is 11.0. The predicted molar refractivity (Wildman–Crippen MR) is 79.4 cm³/mol. The summed E-state index contributed by atoms with van der Waals surface area (Å²) < 4.78 is 7.24. The van der Waals surface area contributed by atoms with Crippen LogP contribution in [0.3, 0.4) is 0 Å². The summed E-state index contributed by atoms with van der Waals surface area (Å²) in [6, 6.07) is 6.54. The Hall–Kier alpha value is -2.57. The average Bonchev–Trinajstić information content (AvgIpc) is 2.81. The number of rotatable bonds is 6. The molecule has 0 fully saturated rings. The van der Waals surface area contributed by atoms with Gasteiger partial charge in [-0.2, -0.15) is 5.10 Å². The van der Waals surface area contributed by atoms with Gasteiger partial charge in [0.2, 0.25) is 0 Å². The van der Waals surface area contributed by atoms with E-state index in [4.69, 9.17) is 4.74 Å². The molecular formula is C14H18N4O3. The van der Waals surface area contributed by atoms with Crippen molar-refractivity contribution in [3.8, 4) is 5.75 Å². The summed E-state index contributed by atoms with van der Waals surface area (Å²) in [7, 11) is 1.84. The molecule has 21 heavy (non-hydrogen) atoms. The molecule has 0 saturated heterocycles. The Morgan fingerprint density at radius 2 is 2.19 bits per heavy atom. The third-order valence-corrected chi connectivity index (χ3v) is 2.72. The largest absolute Gasteiger partial charge is 0.491 e. The fourth-order valence-electron chi connectivity index (χ4n) is 1.88. The van der Waals surface area contributed by atoms with Crippen LogP contribution in [0.5, 0.6) is 5.75 Å². The number of nitrogens with zero attached hydrogens (tertiary/aromatic N) is 3. The van der Waals surface area contributed by atoms with E-state index >= 15 is 0 Å². The second kappa shape index (κ2) is 6.25. The van der Waals surface area contributed by atoms with Gasteiger partial charge in [-0.05, 0) is 19.9 Å². The van der Waals surface area contributed by atoms with Gasteiger partial charge in [0, 0.05) is 31.1 Å². The zero-order valence-electron chi connectivity index (χ0n) is 12.2. The SMILES string of the molecule is CC(C)Oc1cc(NCc2ccn(C)n2)cc([N+](=O)[O-])c1. The lowest BCUT2D eigenvalue weighted by atomic mass is 10.2. The van der Waals surface area contributed by atoms with Gasteiger partial charge in [0.25, 0.3) is 5.69 Å². The summed E-state index contributed by atoms with van der Waals surface area (Å²) >= 11 is 0. The van der Waals surface area contributed by atoms with Gasteiger partial charge in [-0.15, -0.1) is 0 Å². The Bertz CT molecular complexity index is 637. The minimum absolute atomic E-state index is 0.00308. The highest BCUT2D eigenvalue weighted by Crippen LogP contribution is 2.27. The summed E-state index contributed by atoms with van der Waals surface area (Å²) in [6.45, 7) is 4.24. The van der Waals surface area contributed by atoms with Crippen LogP contribution in [0, 0.1) is 10.1 Å². The van der Waals surface area contributed by atoms with E-state index in [-0.39, 0.29) is 11.8 Å². The van der Waals surface area contributed by atoms with Gasteiger partial charge in [0.15, 0.2) is 0 Å². The molecule has 1 N–H and O–H groups in total. The molecular weight excluding hydrogens is 272 g/mol. The number of aryl methyl sites for hydroxylation is 1. The highest BCUT2D eigenvalue weighted by atomic mass is 16.6. The zero-order valence-corrected chi connectivity index (χ0v) is 12.2. The molecule has 0 aliphatic heterocycles. The first kappa shape index (κ1) is 14.8. The monoisotopic (exact) mass is 290 g/mol. The first-order chi connectivity index (χ1) is 9.94. The molecule has 0 aliphatic rings. The number of ether oxygens (including phenoxy) is 1. The van der Waals surface area contributed by atoms with Crippen molar-refractivity contribution in [1.29, 1.82) is 0 Å². The van der Waals surface area contributed by atoms with Crippen LogP contribution in [0.4, 0.5) is 11.4 Å².